The van der Waals surface area contributed by atoms with E-state index in [1.165, 1.54) is 0 Å². The van der Waals surface area contributed by atoms with Crippen LogP contribution in [-0.2, 0) is 7.05 Å². The van der Waals surface area contributed by atoms with Gasteiger partial charge < -0.3 is 19.7 Å². The second-order valence-electron chi connectivity index (χ2n) is 6.92. The van der Waals surface area contributed by atoms with E-state index in [1.54, 1.807) is 12.4 Å². The SMILES string of the molecule is CCOc1ccc(C(=O)NC[C@H]2C[C@H](c3nncn3C)C[C@H]2O)cc1C. The quantitative estimate of drug-likeness (QED) is 0.822. The van der Waals surface area contributed by atoms with Gasteiger partial charge in [0, 0.05) is 31.0 Å². The van der Waals surface area contributed by atoms with Gasteiger partial charge in [-0.05, 0) is 50.5 Å². The molecule has 0 unspecified atom stereocenters. The topological polar surface area (TPSA) is 89.3 Å². The maximum Gasteiger partial charge on any atom is 0.251 e. The third-order valence-corrected chi connectivity index (χ3v) is 5.03. The van der Waals surface area contributed by atoms with Crippen molar-refractivity contribution in [2.75, 3.05) is 13.2 Å². The molecular formula is C19H26N4O3. The molecule has 3 atom stereocenters. The van der Waals surface area contributed by atoms with Crippen LogP contribution in [0.25, 0.3) is 0 Å². The van der Waals surface area contributed by atoms with Crippen molar-refractivity contribution < 1.29 is 14.6 Å². The maximum atomic E-state index is 12.4. The number of amides is 1. The van der Waals surface area contributed by atoms with E-state index in [0.717, 1.165) is 23.6 Å². The van der Waals surface area contributed by atoms with Gasteiger partial charge in [-0.25, -0.2) is 0 Å². The number of carbonyl (C=O) groups excluding carboxylic acids is 1. The minimum atomic E-state index is -0.445. The Balaban J connectivity index is 1.58. The Hall–Kier alpha value is -2.41. The molecule has 0 saturated heterocycles. The van der Waals surface area contributed by atoms with Gasteiger partial charge in [-0.1, -0.05) is 0 Å². The summed E-state index contributed by atoms with van der Waals surface area (Å²) in [6.07, 6.45) is 2.66. The van der Waals surface area contributed by atoms with Gasteiger partial charge in [0.05, 0.1) is 12.7 Å². The fraction of sp³-hybridized carbons (Fsp3) is 0.526. The summed E-state index contributed by atoms with van der Waals surface area (Å²) in [7, 11) is 1.91. The summed E-state index contributed by atoms with van der Waals surface area (Å²) >= 11 is 0. The third kappa shape index (κ3) is 3.88. The molecule has 1 heterocycles. The van der Waals surface area contributed by atoms with Crippen molar-refractivity contribution in [3.8, 4) is 5.75 Å². The smallest absolute Gasteiger partial charge is 0.251 e. The molecule has 1 saturated carbocycles. The number of ether oxygens (including phenoxy) is 1. The van der Waals surface area contributed by atoms with Gasteiger partial charge >= 0.3 is 0 Å². The first kappa shape index (κ1) is 18.4. The Morgan fingerprint density at radius 1 is 1.42 bits per heavy atom. The lowest BCUT2D eigenvalue weighted by Gasteiger charge is -2.15. The number of aliphatic hydroxyl groups excluding tert-OH is 1. The maximum absolute atomic E-state index is 12.4. The molecule has 0 radical (unpaired) electrons. The molecule has 0 spiro atoms. The lowest BCUT2D eigenvalue weighted by Crippen LogP contribution is -2.32. The second kappa shape index (κ2) is 7.86. The number of carbonyl (C=O) groups is 1. The highest BCUT2D eigenvalue weighted by atomic mass is 16.5. The zero-order valence-electron chi connectivity index (χ0n) is 15.5. The number of aryl methyl sites for hydroxylation is 2. The molecule has 7 nitrogen and oxygen atoms in total. The highest BCUT2D eigenvalue weighted by Gasteiger charge is 2.36. The van der Waals surface area contributed by atoms with Crippen molar-refractivity contribution in [2.45, 2.75) is 38.7 Å². The monoisotopic (exact) mass is 358 g/mol. The van der Waals surface area contributed by atoms with E-state index in [9.17, 15) is 9.90 Å². The van der Waals surface area contributed by atoms with Crippen molar-refractivity contribution in [1.82, 2.24) is 20.1 Å². The second-order valence-corrected chi connectivity index (χ2v) is 6.92. The average molecular weight is 358 g/mol. The third-order valence-electron chi connectivity index (χ3n) is 5.03. The molecule has 3 rings (SSSR count). The van der Waals surface area contributed by atoms with Crippen LogP contribution in [0.4, 0.5) is 0 Å². The predicted molar refractivity (Wildman–Crippen MR) is 97.2 cm³/mol. The van der Waals surface area contributed by atoms with Crippen LogP contribution in [0.5, 0.6) is 5.75 Å². The van der Waals surface area contributed by atoms with Gasteiger partial charge in [0.2, 0.25) is 0 Å². The van der Waals surface area contributed by atoms with Gasteiger partial charge in [0.25, 0.3) is 5.91 Å². The first-order valence-corrected chi connectivity index (χ1v) is 9.03. The minimum Gasteiger partial charge on any atom is -0.494 e. The molecule has 1 fully saturated rings. The van der Waals surface area contributed by atoms with Gasteiger partial charge in [0.1, 0.15) is 17.9 Å². The molecule has 1 aliphatic rings. The van der Waals surface area contributed by atoms with Crippen LogP contribution in [-0.4, -0.2) is 45.0 Å². The zero-order chi connectivity index (χ0) is 18.7. The molecule has 2 aromatic rings. The minimum absolute atomic E-state index is 0.0180. The Morgan fingerprint density at radius 2 is 2.23 bits per heavy atom. The summed E-state index contributed by atoms with van der Waals surface area (Å²) in [4.78, 5) is 12.4. The lowest BCUT2D eigenvalue weighted by molar-refractivity contribution is 0.0916. The molecule has 1 aromatic carbocycles. The molecular weight excluding hydrogens is 332 g/mol. The van der Waals surface area contributed by atoms with E-state index in [0.29, 0.717) is 25.1 Å². The fourth-order valence-electron chi connectivity index (χ4n) is 3.63. The normalized spacial score (nSPS) is 22.4. The Morgan fingerprint density at radius 3 is 2.88 bits per heavy atom. The van der Waals surface area contributed by atoms with Crippen LogP contribution in [0.3, 0.4) is 0 Å². The van der Waals surface area contributed by atoms with Crippen molar-refractivity contribution in [2.24, 2.45) is 13.0 Å². The van der Waals surface area contributed by atoms with E-state index in [4.69, 9.17) is 4.74 Å². The van der Waals surface area contributed by atoms with Gasteiger partial charge in [-0.2, -0.15) is 0 Å². The molecule has 2 N–H and O–H groups in total. The molecule has 7 heteroatoms. The summed E-state index contributed by atoms with van der Waals surface area (Å²) in [5.41, 5.74) is 1.53. The number of rotatable bonds is 6. The van der Waals surface area contributed by atoms with E-state index in [1.807, 2.05) is 37.6 Å². The molecule has 0 aliphatic heterocycles. The van der Waals surface area contributed by atoms with Crippen LogP contribution in [0.15, 0.2) is 24.5 Å². The first-order chi connectivity index (χ1) is 12.5. The number of nitrogens with one attached hydrogen (secondary N) is 1. The van der Waals surface area contributed by atoms with Gasteiger partial charge in [-0.3, -0.25) is 4.79 Å². The summed E-state index contributed by atoms with van der Waals surface area (Å²) in [5.74, 6) is 1.74. The summed E-state index contributed by atoms with van der Waals surface area (Å²) in [6.45, 7) is 4.90. The largest absolute Gasteiger partial charge is 0.494 e. The van der Waals surface area contributed by atoms with E-state index in [2.05, 4.69) is 15.5 Å². The summed E-state index contributed by atoms with van der Waals surface area (Å²) in [5, 5.41) is 21.3. The van der Waals surface area contributed by atoms with Crippen LogP contribution in [0, 0.1) is 12.8 Å². The molecule has 0 bridgehead atoms. The molecule has 26 heavy (non-hydrogen) atoms. The Bertz CT molecular complexity index is 774. The van der Waals surface area contributed by atoms with Crippen LogP contribution >= 0.6 is 0 Å². The van der Waals surface area contributed by atoms with Gasteiger partial charge in [0.15, 0.2) is 0 Å². The van der Waals surface area contributed by atoms with Crippen molar-refractivity contribution in [3.05, 3.63) is 41.5 Å². The van der Waals surface area contributed by atoms with Crippen LogP contribution in [0.2, 0.25) is 0 Å². The first-order valence-electron chi connectivity index (χ1n) is 9.03. The van der Waals surface area contributed by atoms with Crippen LogP contribution < -0.4 is 10.1 Å². The number of aromatic nitrogens is 3. The molecule has 1 aromatic heterocycles. The predicted octanol–water partition coefficient (Wildman–Crippen LogP) is 1.81. The summed E-state index contributed by atoms with van der Waals surface area (Å²) in [6, 6.07) is 5.41. The summed E-state index contributed by atoms with van der Waals surface area (Å²) < 4.78 is 7.40. The van der Waals surface area contributed by atoms with Crippen molar-refractivity contribution in [1.29, 1.82) is 0 Å². The van der Waals surface area contributed by atoms with E-state index >= 15 is 0 Å². The fourth-order valence-corrected chi connectivity index (χ4v) is 3.63. The highest BCUT2D eigenvalue weighted by Crippen LogP contribution is 2.37. The van der Waals surface area contributed by atoms with Crippen molar-refractivity contribution in [3.63, 3.8) is 0 Å². The number of nitrogens with zero attached hydrogens (tertiary/aromatic N) is 3. The highest BCUT2D eigenvalue weighted by molar-refractivity contribution is 5.94. The molecule has 140 valence electrons. The number of aliphatic hydroxyl groups is 1. The lowest BCUT2D eigenvalue weighted by atomic mass is 10.0. The standard InChI is InChI=1S/C19H26N4O3/c1-4-26-17-6-5-13(7-12(17)2)19(25)20-10-15-8-14(9-16(15)24)18-22-21-11-23(18)3/h5-7,11,14-16,24H,4,8-10H2,1-3H3,(H,20,25)/t14-,15+,16+/m0/s1. The van der Waals surface area contributed by atoms with Crippen LogP contribution in [0.1, 0.15) is 47.4 Å². The van der Waals surface area contributed by atoms with E-state index < -0.39 is 6.10 Å². The number of hydrogen-bond acceptors (Lipinski definition) is 5. The average Bonchev–Trinajstić information content (AvgIpc) is 3.20. The molecule has 1 amide bonds. The molecule has 1 aliphatic carbocycles. The Labute approximate surface area is 153 Å². The Kier molecular flexibility index (Phi) is 5.56. The van der Waals surface area contributed by atoms with Crippen molar-refractivity contribution >= 4 is 5.91 Å². The zero-order valence-corrected chi connectivity index (χ0v) is 15.5. The van der Waals surface area contributed by atoms with E-state index in [-0.39, 0.29) is 17.7 Å². The van der Waals surface area contributed by atoms with Gasteiger partial charge in [-0.15, -0.1) is 10.2 Å². The number of hydrogen-bond donors (Lipinski definition) is 2. The number of benzene rings is 1.